The number of benzene rings is 4. The molecule has 0 aliphatic heterocycles. The van der Waals surface area contributed by atoms with Gasteiger partial charge in [-0.2, -0.15) is 0 Å². The first-order valence-corrected chi connectivity index (χ1v) is 15.3. The molecule has 0 N–H and O–H groups in total. The third kappa shape index (κ3) is 4.77. The fraction of sp³-hybridized carbons (Fsp3) is 0. The van der Waals surface area contributed by atoms with Crippen LogP contribution in [0.3, 0.4) is 0 Å². The van der Waals surface area contributed by atoms with Crippen molar-refractivity contribution in [2.24, 2.45) is 0 Å². The average molecular weight is 484 g/mol. The molecule has 0 unspecified atom stereocenters. The molecule has 0 aliphatic carbocycles. The molecule has 4 aromatic carbocycles. The van der Waals surface area contributed by atoms with Crippen LogP contribution in [0.25, 0.3) is 0 Å². The predicted molar refractivity (Wildman–Crippen MR) is 125 cm³/mol. The van der Waals surface area contributed by atoms with Crippen LogP contribution in [-0.4, -0.2) is 29.3 Å². The zero-order valence-electron chi connectivity index (χ0n) is 15.6. The number of rotatable bonds is 6. The van der Waals surface area contributed by atoms with E-state index in [2.05, 4.69) is 131 Å². The Balaban J connectivity index is 1.75. The summed E-state index contributed by atoms with van der Waals surface area (Å²) < 4.78 is 5.92. The van der Waals surface area contributed by atoms with Crippen molar-refractivity contribution in [1.82, 2.24) is 0 Å². The van der Waals surface area contributed by atoms with Gasteiger partial charge in [-0.25, -0.2) is 0 Å². The topological polar surface area (TPSA) is 0 Å². The Morgan fingerprint density at radius 3 is 0.750 bits per heavy atom. The van der Waals surface area contributed by atoms with Crippen LogP contribution in [0.4, 0.5) is 0 Å². The summed E-state index contributed by atoms with van der Waals surface area (Å²) in [6.07, 6.45) is 0. The van der Waals surface area contributed by atoms with E-state index < -0.39 is 29.3 Å². The molecule has 0 aliphatic rings. The Labute approximate surface area is 177 Å². The summed E-state index contributed by atoms with van der Waals surface area (Å²) in [5, 5.41) is 0. The summed E-state index contributed by atoms with van der Waals surface area (Å²) in [5.74, 6) is 0. The predicted octanol–water partition coefficient (Wildman–Crippen LogP) is 3.24. The van der Waals surface area contributed by atoms with Gasteiger partial charge >= 0.3 is 178 Å². The van der Waals surface area contributed by atoms with Gasteiger partial charge in [0.15, 0.2) is 0 Å². The van der Waals surface area contributed by atoms with Gasteiger partial charge in [-0.05, 0) is 0 Å². The molecule has 0 bridgehead atoms. The molecule has 0 fully saturated rings. The summed E-state index contributed by atoms with van der Waals surface area (Å²) in [4.78, 5) is 5.13. The van der Waals surface area contributed by atoms with Gasteiger partial charge in [0.2, 0.25) is 0 Å². The van der Waals surface area contributed by atoms with Crippen molar-refractivity contribution < 1.29 is 0 Å². The van der Waals surface area contributed by atoms with Crippen molar-refractivity contribution >= 4 is 46.7 Å². The molecule has 2 heteroatoms. The van der Waals surface area contributed by atoms with Crippen LogP contribution in [0.2, 0.25) is 0 Å². The summed E-state index contributed by atoms with van der Waals surface area (Å²) >= 11 is -2.96. The average Bonchev–Trinajstić information content (AvgIpc) is 2.79. The molecule has 4 aromatic rings. The van der Waals surface area contributed by atoms with Crippen LogP contribution < -0.4 is 17.4 Å². The van der Waals surface area contributed by atoms with Gasteiger partial charge in [0, 0.05) is 0 Å². The Kier molecular flexibility index (Phi) is 6.67. The van der Waals surface area contributed by atoms with E-state index in [-0.39, 0.29) is 0 Å². The summed E-state index contributed by atoms with van der Waals surface area (Å²) in [6.45, 7) is 0. The van der Waals surface area contributed by atoms with E-state index in [9.17, 15) is 0 Å². The molecule has 0 aromatic heterocycles. The van der Waals surface area contributed by atoms with E-state index in [1.54, 1.807) is 0 Å². The van der Waals surface area contributed by atoms with Crippen LogP contribution in [0, 0.1) is 0 Å². The van der Waals surface area contributed by atoms with Crippen molar-refractivity contribution in [2.75, 3.05) is 0 Å². The SMILES string of the molecule is C(=C\[As](c1ccccc1)c1ccccc1)/[As](c1ccccc1)c1ccccc1. The van der Waals surface area contributed by atoms with Crippen molar-refractivity contribution in [3.8, 4) is 0 Å². The van der Waals surface area contributed by atoms with E-state index in [1.807, 2.05) is 0 Å². The van der Waals surface area contributed by atoms with Gasteiger partial charge in [-0.15, -0.1) is 0 Å². The van der Waals surface area contributed by atoms with Crippen molar-refractivity contribution in [1.29, 1.82) is 0 Å². The Hall–Kier alpha value is -2.26. The van der Waals surface area contributed by atoms with E-state index in [4.69, 9.17) is 0 Å². The molecule has 0 saturated heterocycles. The Morgan fingerprint density at radius 1 is 0.321 bits per heavy atom. The normalized spacial score (nSPS) is 11.4. The third-order valence-electron chi connectivity index (χ3n) is 4.50. The zero-order valence-corrected chi connectivity index (χ0v) is 19.3. The van der Waals surface area contributed by atoms with Gasteiger partial charge in [-0.1, -0.05) is 0 Å². The Bertz CT molecular complexity index is 833. The first-order valence-electron chi connectivity index (χ1n) is 9.39. The van der Waals surface area contributed by atoms with E-state index >= 15 is 0 Å². The van der Waals surface area contributed by atoms with Crippen molar-refractivity contribution in [3.63, 3.8) is 0 Å². The maximum absolute atomic E-state index is 2.57. The van der Waals surface area contributed by atoms with Crippen LogP contribution in [0.5, 0.6) is 0 Å². The first-order chi connectivity index (χ1) is 13.9. The quantitative estimate of drug-likeness (QED) is 0.369. The molecule has 136 valence electrons. The molecule has 0 radical (unpaired) electrons. The molecular weight excluding hydrogens is 462 g/mol. The van der Waals surface area contributed by atoms with E-state index in [0.29, 0.717) is 0 Å². The standard InChI is InChI=1S/C26H22As2/c1-5-13-23(14-6-1)27(24-15-7-2-8-16-24)21-22-28(25-17-9-3-10-18-25)26-19-11-4-12-20-26/h1-22H/b22-21+. The summed E-state index contributed by atoms with van der Waals surface area (Å²) in [6, 6.07) is 44.1. The fourth-order valence-corrected chi connectivity index (χ4v) is 13.4. The summed E-state index contributed by atoms with van der Waals surface area (Å²) in [7, 11) is 0. The van der Waals surface area contributed by atoms with Gasteiger partial charge in [0.25, 0.3) is 0 Å². The van der Waals surface area contributed by atoms with Gasteiger partial charge < -0.3 is 0 Å². The van der Waals surface area contributed by atoms with Gasteiger partial charge in [0.1, 0.15) is 0 Å². The molecule has 0 saturated carbocycles. The Morgan fingerprint density at radius 2 is 0.536 bits per heavy atom. The van der Waals surface area contributed by atoms with Crippen LogP contribution in [0.1, 0.15) is 0 Å². The number of hydrogen-bond donors (Lipinski definition) is 0. The van der Waals surface area contributed by atoms with Crippen molar-refractivity contribution in [3.05, 3.63) is 131 Å². The molecule has 0 spiro atoms. The minimum absolute atomic E-state index is 1.48. The molecular formula is C26H22As2. The minimum atomic E-state index is -1.48. The van der Waals surface area contributed by atoms with Crippen molar-refractivity contribution in [2.45, 2.75) is 0 Å². The van der Waals surface area contributed by atoms with E-state index in [1.165, 1.54) is 17.4 Å². The van der Waals surface area contributed by atoms with Crippen LogP contribution >= 0.6 is 0 Å². The van der Waals surface area contributed by atoms with Gasteiger partial charge in [0.05, 0.1) is 0 Å². The molecule has 28 heavy (non-hydrogen) atoms. The second-order valence-corrected chi connectivity index (χ2v) is 15.1. The monoisotopic (exact) mass is 484 g/mol. The zero-order chi connectivity index (χ0) is 19.0. The number of hydrogen-bond acceptors (Lipinski definition) is 0. The first kappa shape index (κ1) is 19.1. The third-order valence-corrected chi connectivity index (χ3v) is 14.7. The second kappa shape index (κ2) is 9.79. The molecule has 0 amide bonds. The second-order valence-electron chi connectivity index (χ2n) is 6.38. The molecule has 0 atom stereocenters. The van der Waals surface area contributed by atoms with Gasteiger partial charge in [-0.3, -0.25) is 0 Å². The maximum atomic E-state index is 2.57. The van der Waals surface area contributed by atoms with E-state index in [0.717, 1.165) is 0 Å². The molecule has 4 rings (SSSR count). The summed E-state index contributed by atoms with van der Waals surface area (Å²) in [5.41, 5.74) is 0. The fourth-order valence-electron chi connectivity index (χ4n) is 3.13. The molecule has 0 heterocycles. The van der Waals surface area contributed by atoms with Crippen LogP contribution in [0.15, 0.2) is 131 Å². The molecule has 0 nitrogen and oxygen atoms in total. The van der Waals surface area contributed by atoms with Crippen LogP contribution in [-0.2, 0) is 0 Å².